The van der Waals surface area contributed by atoms with Crippen LogP contribution in [0.1, 0.15) is 10.4 Å². The molecule has 0 aliphatic carbocycles. The summed E-state index contributed by atoms with van der Waals surface area (Å²) in [4.78, 5) is 12.0. The molecule has 0 bridgehead atoms. The van der Waals surface area contributed by atoms with E-state index in [1.165, 1.54) is 24.3 Å². The third-order valence-electron chi connectivity index (χ3n) is 2.62. The van der Waals surface area contributed by atoms with Crippen LogP contribution in [0.4, 0.5) is 5.69 Å². The maximum Gasteiger partial charge on any atom is 0.255 e. The van der Waals surface area contributed by atoms with Gasteiger partial charge in [0.2, 0.25) is 10.0 Å². The number of nitrogens with two attached hydrogens (primary N) is 1. The van der Waals surface area contributed by atoms with Gasteiger partial charge in [0, 0.05) is 9.13 Å². The van der Waals surface area contributed by atoms with Crippen molar-refractivity contribution in [2.45, 2.75) is 4.90 Å². The summed E-state index contributed by atoms with van der Waals surface area (Å²) in [7, 11) is -3.92. The fraction of sp³-hybridized carbons (Fsp3) is 0. The molecular formula is C13H10ClIN2O3S. The van der Waals surface area contributed by atoms with Gasteiger partial charge in [0.05, 0.1) is 10.7 Å². The van der Waals surface area contributed by atoms with Crippen molar-refractivity contribution >= 4 is 55.8 Å². The predicted molar refractivity (Wildman–Crippen MR) is 89.9 cm³/mol. The van der Waals surface area contributed by atoms with Gasteiger partial charge in [0.1, 0.15) is 4.90 Å². The molecule has 5 nitrogen and oxygen atoms in total. The third-order valence-corrected chi connectivity index (χ3v) is 5.16. The van der Waals surface area contributed by atoms with Crippen LogP contribution in [0.3, 0.4) is 0 Å². The number of rotatable bonds is 3. The third kappa shape index (κ3) is 3.94. The normalized spacial score (nSPS) is 11.2. The van der Waals surface area contributed by atoms with E-state index in [0.29, 0.717) is 10.6 Å². The topological polar surface area (TPSA) is 89.3 Å². The molecule has 2 aromatic carbocycles. The van der Waals surface area contributed by atoms with Crippen LogP contribution in [0, 0.1) is 3.57 Å². The molecule has 0 saturated carbocycles. The van der Waals surface area contributed by atoms with Gasteiger partial charge in [-0.15, -0.1) is 0 Å². The molecule has 2 aromatic rings. The van der Waals surface area contributed by atoms with Crippen molar-refractivity contribution in [2.75, 3.05) is 5.32 Å². The summed E-state index contributed by atoms with van der Waals surface area (Å²) < 4.78 is 23.8. The van der Waals surface area contributed by atoms with E-state index in [-0.39, 0.29) is 10.6 Å². The molecule has 2 rings (SSSR count). The molecule has 0 saturated heterocycles. The highest BCUT2D eigenvalue weighted by Gasteiger charge is 2.16. The summed E-state index contributed by atoms with van der Waals surface area (Å²) in [6.07, 6.45) is 0. The van der Waals surface area contributed by atoms with Crippen LogP contribution < -0.4 is 10.5 Å². The zero-order valence-electron chi connectivity index (χ0n) is 10.5. The van der Waals surface area contributed by atoms with Crippen molar-refractivity contribution in [1.29, 1.82) is 0 Å². The van der Waals surface area contributed by atoms with Crippen molar-refractivity contribution in [3.63, 3.8) is 0 Å². The van der Waals surface area contributed by atoms with Crippen LogP contribution >= 0.6 is 34.2 Å². The Labute approximate surface area is 140 Å². The van der Waals surface area contributed by atoms with E-state index < -0.39 is 15.9 Å². The molecule has 0 aliphatic heterocycles. The van der Waals surface area contributed by atoms with E-state index in [2.05, 4.69) is 5.32 Å². The van der Waals surface area contributed by atoms with Crippen LogP contribution in [0.15, 0.2) is 47.4 Å². The molecule has 0 aromatic heterocycles. The number of halogens is 2. The Morgan fingerprint density at radius 1 is 1.19 bits per heavy atom. The van der Waals surface area contributed by atoms with Gasteiger partial charge < -0.3 is 5.32 Å². The molecule has 0 atom stereocenters. The maximum absolute atomic E-state index is 12.1. The van der Waals surface area contributed by atoms with Crippen molar-refractivity contribution in [3.8, 4) is 0 Å². The van der Waals surface area contributed by atoms with Crippen LogP contribution in [0.25, 0.3) is 0 Å². The van der Waals surface area contributed by atoms with Crippen LogP contribution in [0.5, 0.6) is 0 Å². The largest absolute Gasteiger partial charge is 0.321 e. The molecule has 110 valence electrons. The Morgan fingerprint density at radius 2 is 1.86 bits per heavy atom. The first kappa shape index (κ1) is 16.2. The Hall–Kier alpha value is -1.16. The first-order chi connectivity index (χ1) is 9.79. The number of anilines is 1. The highest BCUT2D eigenvalue weighted by atomic mass is 127. The number of primary sulfonamides is 1. The zero-order valence-corrected chi connectivity index (χ0v) is 14.2. The van der Waals surface area contributed by atoms with Crippen LogP contribution in [0.2, 0.25) is 5.02 Å². The molecule has 21 heavy (non-hydrogen) atoms. The van der Waals surface area contributed by atoms with E-state index in [9.17, 15) is 13.2 Å². The smallest absolute Gasteiger partial charge is 0.255 e. The number of sulfonamides is 1. The van der Waals surface area contributed by atoms with E-state index in [0.717, 1.165) is 3.57 Å². The van der Waals surface area contributed by atoms with Crippen LogP contribution in [-0.2, 0) is 10.0 Å². The number of carbonyl (C=O) groups is 1. The van der Waals surface area contributed by atoms with Crippen molar-refractivity contribution in [1.82, 2.24) is 0 Å². The van der Waals surface area contributed by atoms with Gasteiger partial charge in [-0.05, 0) is 52.9 Å². The molecule has 0 radical (unpaired) electrons. The second-order valence-corrected chi connectivity index (χ2v) is 7.22. The average Bonchev–Trinajstić information content (AvgIpc) is 2.41. The minimum absolute atomic E-state index is 0.125. The number of para-hydroxylation sites is 1. The first-order valence-corrected chi connectivity index (χ1v) is 8.67. The van der Waals surface area contributed by atoms with Gasteiger partial charge in [-0.1, -0.05) is 23.7 Å². The highest BCUT2D eigenvalue weighted by molar-refractivity contribution is 14.1. The second-order valence-electron chi connectivity index (χ2n) is 4.12. The SMILES string of the molecule is NS(=O)(=O)c1ccccc1NC(=O)c1ccc(I)c(Cl)c1. The van der Waals surface area contributed by atoms with E-state index in [4.69, 9.17) is 16.7 Å². The molecule has 0 heterocycles. The van der Waals surface area contributed by atoms with Gasteiger partial charge >= 0.3 is 0 Å². The Kier molecular flexibility index (Phi) is 4.87. The Morgan fingerprint density at radius 3 is 2.48 bits per heavy atom. The van der Waals surface area contributed by atoms with Crippen molar-refractivity contribution in [3.05, 3.63) is 56.6 Å². The maximum atomic E-state index is 12.1. The van der Waals surface area contributed by atoms with Gasteiger partial charge in [-0.2, -0.15) is 0 Å². The summed E-state index contributed by atoms with van der Waals surface area (Å²) in [5, 5.41) is 8.08. The fourth-order valence-electron chi connectivity index (χ4n) is 1.65. The van der Waals surface area contributed by atoms with Gasteiger partial charge in [0.15, 0.2) is 0 Å². The molecule has 0 unspecified atom stereocenters. The summed E-state index contributed by atoms with van der Waals surface area (Å²) in [5.74, 6) is -0.468. The molecule has 3 N–H and O–H groups in total. The van der Waals surface area contributed by atoms with Gasteiger partial charge in [-0.25, -0.2) is 13.6 Å². The Balaban J connectivity index is 2.34. The van der Waals surface area contributed by atoms with Crippen molar-refractivity contribution in [2.24, 2.45) is 5.14 Å². The quantitative estimate of drug-likeness (QED) is 0.725. The lowest BCUT2D eigenvalue weighted by Crippen LogP contribution is -2.18. The standard InChI is InChI=1S/C13H10ClIN2O3S/c14-9-7-8(5-6-10(9)15)13(18)17-11-3-1-2-4-12(11)21(16,19)20/h1-7H,(H,17,18)(H2,16,19,20). The monoisotopic (exact) mass is 436 g/mol. The number of carbonyl (C=O) groups excluding carboxylic acids is 1. The predicted octanol–water partition coefficient (Wildman–Crippen LogP) is 2.84. The zero-order chi connectivity index (χ0) is 15.6. The second kappa shape index (κ2) is 6.30. The molecule has 0 aliphatic rings. The van der Waals surface area contributed by atoms with E-state index in [1.54, 1.807) is 18.2 Å². The number of benzene rings is 2. The lowest BCUT2D eigenvalue weighted by atomic mass is 10.2. The highest BCUT2D eigenvalue weighted by Crippen LogP contribution is 2.22. The molecule has 8 heteroatoms. The molecule has 1 amide bonds. The number of amides is 1. The number of nitrogens with one attached hydrogen (secondary N) is 1. The van der Waals surface area contributed by atoms with E-state index in [1.807, 2.05) is 22.6 Å². The van der Waals surface area contributed by atoms with Crippen molar-refractivity contribution < 1.29 is 13.2 Å². The summed E-state index contributed by atoms with van der Waals surface area (Å²) in [6, 6.07) is 10.7. The fourth-order valence-corrected chi connectivity index (χ4v) is 2.86. The van der Waals surface area contributed by atoms with Crippen LogP contribution in [-0.4, -0.2) is 14.3 Å². The summed E-state index contributed by atoms with van der Waals surface area (Å²) in [6.45, 7) is 0. The molecular weight excluding hydrogens is 427 g/mol. The minimum atomic E-state index is -3.92. The average molecular weight is 437 g/mol. The summed E-state index contributed by atoms with van der Waals surface area (Å²) >= 11 is 8.01. The van der Waals surface area contributed by atoms with E-state index >= 15 is 0 Å². The van der Waals surface area contributed by atoms with Gasteiger partial charge in [0.25, 0.3) is 5.91 Å². The Bertz CT molecular complexity index is 809. The van der Waals surface area contributed by atoms with Gasteiger partial charge in [-0.3, -0.25) is 4.79 Å². The lowest BCUT2D eigenvalue weighted by molar-refractivity contribution is 0.102. The summed E-state index contributed by atoms with van der Waals surface area (Å²) in [5.41, 5.74) is 0.448. The number of hydrogen-bond acceptors (Lipinski definition) is 3. The lowest BCUT2D eigenvalue weighted by Gasteiger charge is -2.10. The molecule has 0 fully saturated rings. The number of hydrogen-bond donors (Lipinski definition) is 2. The minimum Gasteiger partial charge on any atom is -0.321 e. The first-order valence-electron chi connectivity index (χ1n) is 5.67. The molecule has 0 spiro atoms.